The van der Waals surface area contributed by atoms with Crippen molar-refractivity contribution in [2.24, 2.45) is 0 Å². The molecule has 2 heteroatoms. The Kier molecular flexibility index (Phi) is 4.00. The normalized spacial score (nSPS) is 9.79. The zero-order valence-electron chi connectivity index (χ0n) is 8.76. The number of hydrogen-bond acceptors (Lipinski definition) is 1. The summed E-state index contributed by atoms with van der Waals surface area (Å²) in [6.07, 6.45) is 0. The summed E-state index contributed by atoms with van der Waals surface area (Å²) >= 11 is 5.85. The summed E-state index contributed by atoms with van der Waals surface area (Å²) in [5.41, 5.74) is 2.18. The molecule has 0 aromatic heterocycles. The van der Waals surface area contributed by atoms with Crippen LogP contribution in [0, 0.1) is 18.8 Å². The Hall–Kier alpha value is -0.970. The fourth-order valence-corrected chi connectivity index (χ4v) is 1.29. The molecule has 0 fully saturated rings. The van der Waals surface area contributed by atoms with E-state index in [9.17, 15) is 0 Å². The molecule has 0 aliphatic carbocycles. The van der Waals surface area contributed by atoms with Crippen LogP contribution in [0.3, 0.4) is 0 Å². The summed E-state index contributed by atoms with van der Waals surface area (Å²) < 4.78 is 0. The number of aryl methyl sites for hydroxylation is 1. The zero-order valence-corrected chi connectivity index (χ0v) is 9.52. The van der Waals surface area contributed by atoms with Crippen LogP contribution in [-0.2, 0) is 0 Å². The molecule has 74 valence electrons. The molecule has 14 heavy (non-hydrogen) atoms. The topological polar surface area (TPSA) is 3.24 Å². The van der Waals surface area contributed by atoms with Gasteiger partial charge in [-0.2, -0.15) is 0 Å². The fraction of sp³-hybridized carbons (Fsp3) is 0.333. The Bertz CT molecular complexity index is 372. The highest BCUT2D eigenvalue weighted by atomic mass is 35.5. The van der Waals surface area contributed by atoms with Crippen molar-refractivity contribution in [1.82, 2.24) is 4.90 Å². The Morgan fingerprint density at radius 2 is 2.07 bits per heavy atom. The van der Waals surface area contributed by atoms with Gasteiger partial charge in [-0.25, -0.2) is 0 Å². The van der Waals surface area contributed by atoms with Gasteiger partial charge in [0, 0.05) is 10.6 Å². The highest BCUT2D eigenvalue weighted by Gasteiger charge is 1.94. The second kappa shape index (κ2) is 5.05. The molecule has 0 radical (unpaired) electrons. The monoisotopic (exact) mass is 207 g/mol. The average molecular weight is 208 g/mol. The maximum absolute atomic E-state index is 5.85. The van der Waals surface area contributed by atoms with Crippen molar-refractivity contribution in [1.29, 1.82) is 0 Å². The lowest BCUT2D eigenvalue weighted by Crippen LogP contribution is -2.10. The van der Waals surface area contributed by atoms with E-state index < -0.39 is 0 Å². The third kappa shape index (κ3) is 3.41. The number of benzene rings is 1. The quantitative estimate of drug-likeness (QED) is 0.640. The van der Waals surface area contributed by atoms with Crippen molar-refractivity contribution < 1.29 is 0 Å². The number of halogens is 1. The lowest BCUT2D eigenvalue weighted by Gasteiger charge is -2.01. The van der Waals surface area contributed by atoms with Gasteiger partial charge in [0.1, 0.15) is 0 Å². The van der Waals surface area contributed by atoms with Gasteiger partial charge in [-0.3, -0.25) is 4.90 Å². The third-order valence-electron chi connectivity index (χ3n) is 1.81. The summed E-state index contributed by atoms with van der Waals surface area (Å²) in [5, 5.41) is 0.764. The lowest BCUT2D eigenvalue weighted by atomic mass is 10.1. The molecule has 1 aromatic carbocycles. The van der Waals surface area contributed by atoms with E-state index in [4.69, 9.17) is 11.6 Å². The van der Waals surface area contributed by atoms with E-state index in [1.807, 2.05) is 44.1 Å². The van der Waals surface area contributed by atoms with Gasteiger partial charge in [0.15, 0.2) is 0 Å². The van der Waals surface area contributed by atoms with Crippen LogP contribution in [0.2, 0.25) is 5.02 Å². The molecule has 0 atom stereocenters. The largest absolute Gasteiger partial charge is 0.299 e. The van der Waals surface area contributed by atoms with Crippen LogP contribution in [0.1, 0.15) is 11.1 Å². The molecule has 1 aromatic rings. The van der Waals surface area contributed by atoms with Gasteiger partial charge in [-0.05, 0) is 44.8 Å². The van der Waals surface area contributed by atoms with E-state index in [-0.39, 0.29) is 0 Å². The van der Waals surface area contributed by atoms with Gasteiger partial charge < -0.3 is 0 Å². The Morgan fingerprint density at radius 3 is 2.64 bits per heavy atom. The molecule has 0 amide bonds. The molecular formula is C12H14ClN. The minimum atomic E-state index is 0.764. The maximum atomic E-state index is 5.85. The van der Waals surface area contributed by atoms with E-state index >= 15 is 0 Å². The molecule has 0 unspecified atom stereocenters. The maximum Gasteiger partial charge on any atom is 0.0600 e. The molecule has 0 aliphatic rings. The summed E-state index contributed by atoms with van der Waals surface area (Å²) in [7, 11) is 4.01. The van der Waals surface area contributed by atoms with Crippen LogP contribution >= 0.6 is 11.6 Å². The molecular weight excluding hydrogens is 194 g/mol. The predicted octanol–water partition coefficient (Wildman–Crippen LogP) is 2.56. The molecule has 0 bridgehead atoms. The molecule has 0 spiro atoms. The summed E-state index contributed by atoms with van der Waals surface area (Å²) in [5.74, 6) is 6.22. The van der Waals surface area contributed by atoms with Crippen LogP contribution in [0.4, 0.5) is 0 Å². The smallest absolute Gasteiger partial charge is 0.0600 e. The van der Waals surface area contributed by atoms with Gasteiger partial charge in [0.25, 0.3) is 0 Å². The van der Waals surface area contributed by atoms with Crippen molar-refractivity contribution in [2.75, 3.05) is 20.6 Å². The fourth-order valence-electron chi connectivity index (χ4n) is 1.06. The summed E-state index contributed by atoms with van der Waals surface area (Å²) in [6, 6.07) is 5.76. The Morgan fingerprint density at radius 1 is 1.36 bits per heavy atom. The number of rotatable bonds is 1. The first-order valence-corrected chi connectivity index (χ1v) is 4.87. The molecule has 1 rings (SSSR count). The number of nitrogens with zero attached hydrogens (tertiary/aromatic N) is 1. The highest BCUT2D eigenvalue weighted by molar-refractivity contribution is 6.30. The first-order chi connectivity index (χ1) is 6.59. The van der Waals surface area contributed by atoms with Crippen LogP contribution in [0.25, 0.3) is 0 Å². The summed E-state index contributed by atoms with van der Waals surface area (Å²) in [4.78, 5) is 2.04. The molecule has 0 heterocycles. The van der Waals surface area contributed by atoms with Crippen LogP contribution in [0.15, 0.2) is 18.2 Å². The Labute approximate surface area is 90.7 Å². The van der Waals surface area contributed by atoms with Gasteiger partial charge in [0.05, 0.1) is 6.54 Å². The molecule has 0 aliphatic heterocycles. The van der Waals surface area contributed by atoms with E-state index in [0.717, 1.165) is 22.7 Å². The van der Waals surface area contributed by atoms with Crippen LogP contribution < -0.4 is 0 Å². The van der Waals surface area contributed by atoms with Crippen molar-refractivity contribution >= 4 is 11.6 Å². The van der Waals surface area contributed by atoms with Crippen LogP contribution in [0.5, 0.6) is 0 Å². The Balaban J connectivity index is 2.80. The average Bonchev–Trinajstić information content (AvgIpc) is 2.08. The second-order valence-corrected chi connectivity index (χ2v) is 3.94. The van der Waals surface area contributed by atoms with Crippen molar-refractivity contribution in [3.63, 3.8) is 0 Å². The SMILES string of the molecule is Cc1cc(Cl)ccc1C#CCN(C)C. The standard InChI is InChI=1S/C12H14ClN/c1-10-9-12(13)7-6-11(10)5-4-8-14(2)3/h6-7,9H,8H2,1-3H3. The minimum Gasteiger partial charge on any atom is -0.299 e. The molecule has 0 saturated carbocycles. The van der Waals surface area contributed by atoms with Gasteiger partial charge in [0.2, 0.25) is 0 Å². The molecule has 0 saturated heterocycles. The van der Waals surface area contributed by atoms with Crippen molar-refractivity contribution in [2.45, 2.75) is 6.92 Å². The van der Waals surface area contributed by atoms with Gasteiger partial charge >= 0.3 is 0 Å². The van der Waals surface area contributed by atoms with Gasteiger partial charge in [-0.1, -0.05) is 23.4 Å². The van der Waals surface area contributed by atoms with E-state index in [1.54, 1.807) is 0 Å². The summed E-state index contributed by atoms with van der Waals surface area (Å²) in [6.45, 7) is 2.80. The van der Waals surface area contributed by atoms with E-state index in [1.165, 1.54) is 0 Å². The number of hydrogen-bond donors (Lipinski definition) is 0. The zero-order chi connectivity index (χ0) is 10.6. The first kappa shape index (κ1) is 11.1. The second-order valence-electron chi connectivity index (χ2n) is 3.50. The first-order valence-electron chi connectivity index (χ1n) is 4.49. The van der Waals surface area contributed by atoms with E-state index in [2.05, 4.69) is 11.8 Å². The van der Waals surface area contributed by atoms with Gasteiger partial charge in [-0.15, -0.1) is 0 Å². The molecule has 1 nitrogen and oxygen atoms in total. The van der Waals surface area contributed by atoms with E-state index in [0.29, 0.717) is 0 Å². The lowest BCUT2D eigenvalue weighted by molar-refractivity contribution is 0.464. The van der Waals surface area contributed by atoms with Crippen molar-refractivity contribution in [3.8, 4) is 11.8 Å². The molecule has 0 N–H and O–H groups in total. The minimum absolute atomic E-state index is 0.764. The predicted molar refractivity (Wildman–Crippen MR) is 61.6 cm³/mol. The van der Waals surface area contributed by atoms with Crippen molar-refractivity contribution in [3.05, 3.63) is 34.3 Å². The third-order valence-corrected chi connectivity index (χ3v) is 2.04. The van der Waals surface area contributed by atoms with Crippen LogP contribution in [-0.4, -0.2) is 25.5 Å². The highest BCUT2D eigenvalue weighted by Crippen LogP contribution is 2.13.